The van der Waals surface area contributed by atoms with E-state index in [9.17, 15) is 13.6 Å². The summed E-state index contributed by atoms with van der Waals surface area (Å²) in [6.07, 6.45) is 0. The van der Waals surface area contributed by atoms with Crippen molar-refractivity contribution in [3.63, 3.8) is 0 Å². The highest BCUT2D eigenvalue weighted by Crippen LogP contribution is 2.24. The number of nitrogens with two attached hydrogens (primary N) is 1. The fraction of sp³-hybridized carbons (Fsp3) is 0.0625. The van der Waals surface area contributed by atoms with Gasteiger partial charge in [0.2, 0.25) is 0 Å². The third-order valence-electron chi connectivity index (χ3n) is 3.28. The van der Waals surface area contributed by atoms with Crippen LogP contribution in [0.3, 0.4) is 0 Å². The summed E-state index contributed by atoms with van der Waals surface area (Å²) in [4.78, 5) is 11.3. The first kappa shape index (κ1) is 15.6. The summed E-state index contributed by atoms with van der Waals surface area (Å²) in [5, 5.41) is 9.96. The molecule has 8 heteroatoms. The van der Waals surface area contributed by atoms with Crippen LogP contribution in [-0.2, 0) is 6.61 Å². The Balaban J connectivity index is 1.79. The Morgan fingerprint density at radius 2 is 1.96 bits per heavy atom. The molecule has 3 aromatic rings. The van der Waals surface area contributed by atoms with Crippen molar-refractivity contribution in [3.05, 3.63) is 65.4 Å². The Kier molecular flexibility index (Phi) is 4.19. The molecule has 3 rings (SSSR count). The molecular weight excluding hydrogens is 318 g/mol. The van der Waals surface area contributed by atoms with Gasteiger partial charge in [-0.15, -0.1) is 0 Å². The zero-order chi connectivity index (χ0) is 17.1. The van der Waals surface area contributed by atoms with Crippen LogP contribution < -0.4 is 10.5 Å². The van der Waals surface area contributed by atoms with Crippen molar-refractivity contribution >= 4 is 5.91 Å². The lowest BCUT2D eigenvalue weighted by atomic mass is 10.1. The highest BCUT2D eigenvalue weighted by atomic mass is 19.2. The number of amides is 1. The number of carbonyl (C=O) groups excluding carboxylic acids is 1. The minimum Gasteiger partial charge on any atom is -0.489 e. The van der Waals surface area contributed by atoms with Gasteiger partial charge < -0.3 is 10.5 Å². The number of benzene rings is 2. The van der Waals surface area contributed by atoms with Gasteiger partial charge in [0.05, 0.1) is 0 Å². The van der Waals surface area contributed by atoms with E-state index in [1.165, 1.54) is 6.07 Å². The fourth-order valence-corrected chi connectivity index (χ4v) is 2.13. The molecule has 6 nitrogen and oxygen atoms in total. The lowest BCUT2D eigenvalue weighted by Crippen LogP contribution is -2.12. The number of hydrogen-bond donors (Lipinski definition) is 2. The zero-order valence-corrected chi connectivity index (χ0v) is 12.3. The summed E-state index contributed by atoms with van der Waals surface area (Å²) in [5.41, 5.74) is 6.63. The smallest absolute Gasteiger partial charge is 0.271 e. The minimum atomic E-state index is -0.932. The van der Waals surface area contributed by atoms with Gasteiger partial charge in [-0.25, -0.2) is 8.78 Å². The number of aromatic nitrogens is 3. The molecule has 0 fully saturated rings. The first-order valence-corrected chi connectivity index (χ1v) is 6.92. The summed E-state index contributed by atoms with van der Waals surface area (Å²) in [7, 11) is 0. The van der Waals surface area contributed by atoms with E-state index in [0.717, 1.165) is 12.1 Å². The molecule has 0 spiro atoms. The first-order valence-electron chi connectivity index (χ1n) is 6.92. The van der Waals surface area contributed by atoms with E-state index in [4.69, 9.17) is 10.5 Å². The molecule has 0 aliphatic rings. The molecule has 0 unspecified atom stereocenters. The number of nitrogens with zero attached hydrogens (tertiary/aromatic N) is 2. The molecular formula is C16H12F2N4O2. The monoisotopic (exact) mass is 330 g/mol. The van der Waals surface area contributed by atoms with E-state index in [1.807, 2.05) is 0 Å². The van der Waals surface area contributed by atoms with Crippen LogP contribution in [0.4, 0.5) is 8.78 Å². The summed E-state index contributed by atoms with van der Waals surface area (Å²) in [6, 6.07) is 10.3. The van der Waals surface area contributed by atoms with Crippen LogP contribution in [-0.4, -0.2) is 21.3 Å². The molecule has 2 aromatic carbocycles. The van der Waals surface area contributed by atoms with Crippen LogP contribution in [0.15, 0.2) is 42.5 Å². The Labute approximate surface area is 135 Å². The zero-order valence-electron chi connectivity index (χ0n) is 12.3. The van der Waals surface area contributed by atoms with E-state index >= 15 is 0 Å². The van der Waals surface area contributed by atoms with Crippen molar-refractivity contribution in [2.45, 2.75) is 6.61 Å². The van der Waals surface area contributed by atoms with Crippen LogP contribution in [0.2, 0.25) is 0 Å². The van der Waals surface area contributed by atoms with Gasteiger partial charge in [0.1, 0.15) is 18.1 Å². The van der Waals surface area contributed by atoms with Gasteiger partial charge in [-0.05, 0) is 29.8 Å². The molecule has 0 atom stereocenters. The standard InChI is InChI=1S/C16H12F2N4O2/c17-12-5-4-9(6-13(12)18)8-24-11-3-1-2-10(7-11)14-15(16(19)23)21-22-20-14/h1-7H,8H2,(H2,19,23)(H,20,21,22). The highest BCUT2D eigenvalue weighted by Gasteiger charge is 2.15. The van der Waals surface area contributed by atoms with E-state index in [0.29, 0.717) is 22.6 Å². The van der Waals surface area contributed by atoms with E-state index in [-0.39, 0.29) is 12.3 Å². The second-order valence-corrected chi connectivity index (χ2v) is 4.95. The molecule has 1 heterocycles. The number of ether oxygens (including phenoxy) is 1. The number of nitrogens with one attached hydrogen (secondary N) is 1. The van der Waals surface area contributed by atoms with Crippen molar-refractivity contribution in [1.82, 2.24) is 15.4 Å². The van der Waals surface area contributed by atoms with Crippen LogP contribution in [0.25, 0.3) is 11.3 Å². The van der Waals surface area contributed by atoms with Crippen LogP contribution in [0, 0.1) is 11.6 Å². The van der Waals surface area contributed by atoms with E-state index < -0.39 is 17.5 Å². The average Bonchev–Trinajstić information content (AvgIpc) is 3.06. The van der Waals surface area contributed by atoms with Gasteiger partial charge in [-0.3, -0.25) is 4.79 Å². The van der Waals surface area contributed by atoms with Crippen molar-refractivity contribution in [2.24, 2.45) is 5.73 Å². The largest absolute Gasteiger partial charge is 0.489 e. The van der Waals surface area contributed by atoms with Gasteiger partial charge in [0.15, 0.2) is 17.3 Å². The molecule has 0 bridgehead atoms. The molecule has 0 saturated carbocycles. The number of primary amides is 1. The molecule has 0 radical (unpaired) electrons. The minimum absolute atomic E-state index is 0.0211. The maximum atomic E-state index is 13.2. The number of halogens is 2. The number of aromatic amines is 1. The van der Waals surface area contributed by atoms with Gasteiger partial charge >= 0.3 is 0 Å². The average molecular weight is 330 g/mol. The number of H-pyrrole nitrogens is 1. The summed E-state index contributed by atoms with van der Waals surface area (Å²) >= 11 is 0. The molecule has 3 N–H and O–H groups in total. The van der Waals surface area contributed by atoms with Gasteiger partial charge in [-0.1, -0.05) is 18.2 Å². The maximum Gasteiger partial charge on any atom is 0.271 e. The third-order valence-corrected chi connectivity index (χ3v) is 3.28. The number of rotatable bonds is 5. The Morgan fingerprint density at radius 3 is 2.71 bits per heavy atom. The van der Waals surface area contributed by atoms with Gasteiger partial charge in [0.25, 0.3) is 5.91 Å². The molecule has 0 aliphatic heterocycles. The summed E-state index contributed by atoms with van der Waals surface area (Å²) < 4.78 is 31.6. The van der Waals surface area contributed by atoms with Gasteiger partial charge in [-0.2, -0.15) is 15.4 Å². The van der Waals surface area contributed by atoms with E-state index in [2.05, 4.69) is 15.4 Å². The van der Waals surface area contributed by atoms with Crippen molar-refractivity contribution < 1.29 is 18.3 Å². The van der Waals surface area contributed by atoms with Crippen LogP contribution in [0.5, 0.6) is 5.75 Å². The van der Waals surface area contributed by atoms with Crippen LogP contribution in [0.1, 0.15) is 16.1 Å². The van der Waals surface area contributed by atoms with E-state index in [1.54, 1.807) is 24.3 Å². The quantitative estimate of drug-likeness (QED) is 0.751. The fourth-order valence-electron chi connectivity index (χ4n) is 2.13. The lowest BCUT2D eigenvalue weighted by molar-refractivity contribution is 0.0996. The molecule has 1 aromatic heterocycles. The molecule has 1 amide bonds. The second kappa shape index (κ2) is 6.45. The summed E-state index contributed by atoms with van der Waals surface area (Å²) in [5.74, 6) is -2.08. The number of hydrogen-bond acceptors (Lipinski definition) is 4. The second-order valence-electron chi connectivity index (χ2n) is 4.95. The van der Waals surface area contributed by atoms with Crippen molar-refractivity contribution in [2.75, 3.05) is 0 Å². The Morgan fingerprint density at radius 1 is 1.12 bits per heavy atom. The van der Waals surface area contributed by atoms with Crippen molar-refractivity contribution in [1.29, 1.82) is 0 Å². The highest BCUT2D eigenvalue weighted by molar-refractivity contribution is 5.96. The van der Waals surface area contributed by atoms with Gasteiger partial charge in [0, 0.05) is 5.56 Å². The predicted molar refractivity (Wildman–Crippen MR) is 81.0 cm³/mol. The molecule has 0 aliphatic carbocycles. The molecule has 24 heavy (non-hydrogen) atoms. The predicted octanol–water partition coefficient (Wildman–Crippen LogP) is 2.43. The number of carbonyl (C=O) groups is 1. The molecule has 122 valence electrons. The van der Waals surface area contributed by atoms with Crippen molar-refractivity contribution in [3.8, 4) is 17.0 Å². The third kappa shape index (κ3) is 3.22. The first-order chi connectivity index (χ1) is 11.5. The lowest BCUT2D eigenvalue weighted by Gasteiger charge is -2.08. The summed E-state index contributed by atoms with van der Waals surface area (Å²) in [6.45, 7) is 0.0577. The van der Waals surface area contributed by atoms with Crippen LogP contribution >= 0.6 is 0 Å². The Bertz CT molecular complexity index is 895. The topological polar surface area (TPSA) is 93.9 Å². The Hall–Kier alpha value is -3.29. The molecule has 0 saturated heterocycles. The maximum absolute atomic E-state index is 13.2. The normalized spacial score (nSPS) is 10.6. The SMILES string of the molecule is NC(=O)c1n[nH]nc1-c1cccc(OCc2ccc(F)c(F)c2)c1.